The van der Waals surface area contributed by atoms with Gasteiger partial charge in [-0.25, -0.2) is 8.42 Å². The molecular formula is C15H16N2O4S. The number of nitrogens with zero attached hydrogens (tertiary/aromatic N) is 2. The maximum absolute atomic E-state index is 12.3. The van der Waals surface area contributed by atoms with Gasteiger partial charge in [-0.3, -0.25) is 9.78 Å². The smallest absolute Gasteiger partial charge is 0.321 e. The molecule has 2 rings (SSSR count). The van der Waals surface area contributed by atoms with Crippen molar-refractivity contribution in [1.82, 2.24) is 9.29 Å². The SMILES string of the molecule is COC(=O)CN(C)S(=O)(=O)c1ccc(-c2ccncc2)cc1. The Kier molecular flexibility index (Phi) is 4.89. The highest BCUT2D eigenvalue weighted by atomic mass is 32.2. The summed E-state index contributed by atoms with van der Waals surface area (Å²) in [5.74, 6) is -0.612. The van der Waals surface area contributed by atoms with Crippen LogP contribution in [0.2, 0.25) is 0 Å². The van der Waals surface area contributed by atoms with E-state index >= 15 is 0 Å². The van der Waals surface area contributed by atoms with Crippen LogP contribution >= 0.6 is 0 Å². The molecule has 0 radical (unpaired) electrons. The van der Waals surface area contributed by atoms with E-state index in [2.05, 4.69) is 9.72 Å². The Bertz CT molecular complexity index is 743. The second-order valence-corrected chi connectivity index (χ2v) is 6.64. The summed E-state index contributed by atoms with van der Waals surface area (Å²) in [6.45, 7) is -0.328. The van der Waals surface area contributed by atoms with Gasteiger partial charge < -0.3 is 4.74 Å². The van der Waals surface area contributed by atoms with Crippen LogP contribution < -0.4 is 0 Å². The van der Waals surface area contributed by atoms with Gasteiger partial charge in [0.25, 0.3) is 0 Å². The summed E-state index contributed by atoms with van der Waals surface area (Å²) in [4.78, 5) is 15.3. The highest BCUT2D eigenvalue weighted by Crippen LogP contribution is 2.22. The van der Waals surface area contributed by atoms with Gasteiger partial charge in [-0.15, -0.1) is 0 Å². The molecule has 0 aliphatic heterocycles. The zero-order valence-corrected chi connectivity index (χ0v) is 13.1. The summed E-state index contributed by atoms with van der Waals surface area (Å²) in [6.07, 6.45) is 3.34. The van der Waals surface area contributed by atoms with Gasteiger partial charge in [-0.1, -0.05) is 12.1 Å². The van der Waals surface area contributed by atoms with Crippen molar-refractivity contribution in [2.75, 3.05) is 20.7 Å². The maximum Gasteiger partial charge on any atom is 0.321 e. The van der Waals surface area contributed by atoms with E-state index < -0.39 is 16.0 Å². The molecule has 116 valence electrons. The number of rotatable bonds is 5. The van der Waals surface area contributed by atoms with Crippen LogP contribution in [-0.2, 0) is 19.6 Å². The second kappa shape index (κ2) is 6.67. The number of likely N-dealkylation sites (N-methyl/N-ethyl adjacent to an activating group) is 1. The first-order valence-electron chi connectivity index (χ1n) is 6.49. The van der Waals surface area contributed by atoms with Gasteiger partial charge in [0, 0.05) is 19.4 Å². The lowest BCUT2D eigenvalue weighted by Gasteiger charge is -2.16. The van der Waals surface area contributed by atoms with Crippen molar-refractivity contribution in [3.8, 4) is 11.1 Å². The third-order valence-corrected chi connectivity index (χ3v) is 4.97. The Morgan fingerprint density at radius 2 is 1.64 bits per heavy atom. The summed E-state index contributed by atoms with van der Waals surface area (Å²) in [5.41, 5.74) is 1.83. The molecule has 6 nitrogen and oxygen atoms in total. The Hall–Kier alpha value is -2.25. The Labute approximate surface area is 129 Å². The van der Waals surface area contributed by atoms with E-state index in [0.717, 1.165) is 15.4 Å². The molecule has 0 N–H and O–H groups in total. The molecule has 7 heteroatoms. The minimum Gasteiger partial charge on any atom is -0.468 e. The van der Waals surface area contributed by atoms with Crippen LogP contribution in [0.25, 0.3) is 11.1 Å². The normalized spacial score (nSPS) is 11.4. The molecule has 0 aliphatic rings. The number of esters is 1. The standard InChI is InChI=1S/C15H16N2O4S/c1-17(11-15(18)21-2)22(19,20)14-5-3-12(4-6-14)13-7-9-16-10-8-13/h3-10H,11H2,1-2H3. The number of pyridine rings is 1. The number of sulfonamides is 1. The topological polar surface area (TPSA) is 76.6 Å². The van der Waals surface area contributed by atoms with Crippen LogP contribution in [0.1, 0.15) is 0 Å². The first-order chi connectivity index (χ1) is 10.4. The van der Waals surface area contributed by atoms with E-state index in [-0.39, 0.29) is 11.4 Å². The number of aromatic nitrogens is 1. The fourth-order valence-corrected chi connectivity index (χ4v) is 2.99. The van der Waals surface area contributed by atoms with Crippen LogP contribution in [0.3, 0.4) is 0 Å². The van der Waals surface area contributed by atoms with E-state index in [4.69, 9.17) is 0 Å². The van der Waals surface area contributed by atoms with Gasteiger partial charge in [-0.05, 0) is 35.4 Å². The number of carbonyl (C=O) groups is 1. The monoisotopic (exact) mass is 320 g/mol. The summed E-state index contributed by atoms with van der Waals surface area (Å²) in [7, 11) is -1.17. The molecular weight excluding hydrogens is 304 g/mol. The summed E-state index contributed by atoms with van der Waals surface area (Å²) in [6, 6.07) is 10.1. The average molecular weight is 320 g/mol. The van der Waals surface area contributed by atoms with Crippen LogP contribution in [0, 0.1) is 0 Å². The van der Waals surface area contributed by atoms with Crippen LogP contribution in [-0.4, -0.2) is 44.4 Å². The molecule has 0 saturated heterocycles. The lowest BCUT2D eigenvalue weighted by molar-refractivity contribution is -0.140. The Morgan fingerprint density at radius 3 is 2.18 bits per heavy atom. The van der Waals surface area contributed by atoms with Crippen LogP contribution in [0.5, 0.6) is 0 Å². The number of methoxy groups -OCH3 is 1. The van der Waals surface area contributed by atoms with Crippen molar-refractivity contribution in [2.24, 2.45) is 0 Å². The molecule has 0 amide bonds. The van der Waals surface area contributed by atoms with E-state index in [1.165, 1.54) is 26.3 Å². The van der Waals surface area contributed by atoms with Gasteiger partial charge in [0.2, 0.25) is 10.0 Å². The molecule has 1 aromatic heterocycles. The second-order valence-electron chi connectivity index (χ2n) is 4.60. The van der Waals surface area contributed by atoms with Crippen molar-refractivity contribution in [3.63, 3.8) is 0 Å². The Morgan fingerprint density at radius 1 is 1.09 bits per heavy atom. The number of benzene rings is 1. The molecule has 0 saturated carbocycles. The first kappa shape index (κ1) is 16.1. The van der Waals surface area contributed by atoms with Crippen LogP contribution in [0.15, 0.2) is 53.7 Å². The zero-order chi connectivity index (χ0) is 16.2. The number of ether oxygens (including phenoxy) is 1. The minimum atomic E-state index is -3.72. The molecule has 1 aromatic carbocycles. The number of carbonyl (C=O) groups excluding carboxylic acids is 1. The van der Waals surface area contributed by atoms with Crippen molar-refractivity contribution in [2.45, 2.75) is 4.90 Å². The number of hydrogen-bond donors (Lipinski definition) is 0. The molecule has 0 fully saturated rings. The van der Waals surface area contributed by atoms with Gasteiger partial charge in [0.05, 0.1) is 12.0 Å². The average Bonchev–Trinajstić information content (AvgIpc) is 2.55. The van der Waals surface area contributed by atoms with Gasteiger partial charge in [0.15, 0.2) is 0 Å². The first-order valence-corrected chi connectivity index (χ1v) is 7.93. The van der Waals surface area contributed by atoms with Crippen molar-refractivity contribution >= 4 is 16.0 Å². The molecule has 0 atom stereocenters. The molecule has 0 unspecified atom stereocenters. The molecule has 1 heterocycles. The third-order valence-electron chi connectivity index (χ3n) is 3.16. The van der Waals surface area contributed by atoms with Crippen LogP contribution in [0.4, 0.5) is 0 Å². The maximum atomic E-state index is 12.3. The Balaban J connectivity index is 2.24. The quantitative estimate of drug-likeness (QED) is 0.781. The summed E-state index contributed by atoms with van der Waals surface area (Å²) in [5, 5.41) is 0. The van der Waals surface area contributed by atoms with E-state index in [9.17, 15) is 13.2 Å². The highest BCUT2D eigenvalue weighted by Gasteiger charge is 2.23. The third kappa shape index (κ3) is 3.49. The summed E-state index contributed by atoms with van der Waals surface area (Å²) >= 11 is 0. The summed E-state index contributed by atoms with van der Waals surface area (Å²) < 4.78 is 30.1. The van der Waals surface area contributed by atoms with E-state index in [1.807, 2.05) is 12.1 Å². The zero-order valence-electron chi connectivity index (χ0n) is 12.3. The van der Waals surface area contributed by atoms with Crippen molar-refractivity contribution in [1.29, 1.82) is 0 Å². The van der Waals surface area contributed by atoms with Gasteiger partial charge in [-0.2, -0.15) is 4.31 Å². The van der Waals surface area contributed by atoms with Crippen molar-refractivity contribution < 1.29 is 17.9 Å². The molecule has 0 bridgehead atoms. The van der Waals surface area contributed by atoms with Crippen molar-refractivity contribution in [3.05, 3.63) is 48.8 Å². The lowest BCUT2D eigenvalue weighted by atomic mass is 10.1. The molecule has 22 heavy (non-hydrogen) atoms. The number of hydrogen-bond acceptors (Lipinski definition) is 5. The minimum absolute atomic E-state index is 0.122. The van der Waals surface area contributed by atoms with Gasteiger partial charge in [0.1, 0.15) is 6.54 Å². The highest BCUT2D eigenvalue weighted by molar-refractivity contribution is 7.89. The predicted octanol–water partition coefficient (Wildman–Crippen LogP) is 1.54. The largest absolute Gasteiger partial charge is 0.468 e. The lowest BCUT2D eigenvalue weighted by Crippen LogP contribution is -2.32. The van der Waals surface area contributed by atoms with E-state index in [0.29, 0.717) is 0 Å². The molecule has 2 aromatic rings. The van der Waals surface area contributed by atoms with E-state index in [1.54, 1.807) is 24.5 Å². The fourth-order valence-electron chi connectivity index (χ4n) is 1.87. The molecule has 0 spiro atoms. The van der Waals surface area contributed by atoms with Gasteiger partial charge >= 0.3 is 5.97 Å². The predicted molar refractivity (Wildman–Crippen MR) is 81.5 cm³/mol. The molecule has 0 aliphatic carbocycles. The fraction of sp³-hybridized carbons (Fsp3) is 0.200.